The Labute approximate surface area is 67.6 Å². The average Bonchev–Trinajstić information content (AvgIpc) is 1.90. The molecule has 1 N–H and O–H groups in total. The molecule has 0 aliphatic rings. The largest absolute Gasteiger partial charge is 0.286 e. The lowest BCUT2D eigenvalue weighted by atomic mass is 10.3. The SMILES string of the molecule is C#N.CCCCCS(=O)(=O)O. The van der Waals surface area contributed by atoms with E-state index in [9.17, 15) is 8.42 Å². The van der Waals surface area contributed by atoms with E-state index >= 15 is 0 Å². The maximum absolute atomic E-state index is 10.1. The van der Waals surface area contributed by atoms with Gasteiger partial charge in [-0.1, -0.05) is 19.8 Å². The summed E-state index contributed by atoms with van der Waals surface area (Å²) in [4.78, 5) is 0. The molecule has 0 fully saturated rings. The Hall–Kier alpha value is -0.600. The summed E-state index contributed by atoms with van der Waals surface area (Å²) in [5.41, 5.74) is 0. The lowest BCUT2D eigenvalue weighted by Gasteiger charge is -1.92. The van der Waals surface area contributed by atoms with Gasteiger partial charge in [-0.3, -0.25) is 4.55 Å². The normalized spacial score (nSPS) is 9.82. The molecule has 0 bridgehead atoms. The van der Waals surface area contributed by atoms with E-state index in [0.717, 1.165) is 12.8 Å². The van der Waals surface area contributed by atoms with Gasteiger partial charge in [-0.15, -0.1) is 0 Å². The Morgan fingerprint density at radius 2 is 1.82 bits per heavy atom. The van der Waals surface area contributed by atoms with Gasteiger partial charge in [0.2, 0.25) is 0 Å². The molecule has 0 rings (SSSR count). The standard InChI is InChI=1S/C5H12O3S.CHN/c1-2-3-4-5-9(6,7)8;1-2/h2-5H2,1H3,(H,6,7,8);1H. The van der Waals surface area contributed by atoms with Crippen LogP contribution in [0.5, 0.6) is 0 Å². The molecule has 0 aromatic heterocycles. The van der Waals surface area contributed by atoms with Gasteiger partial charge in [-0.2, -0.15) is 8.42 Å². The fourth-order valence-corrected chi connectivity index (χ4v) is 1.10. The van der Waals surface area contributed by atoms with Crippen LogP contribution in [-0.2, 0) is 10.1 Å². The van der Waals surface area contributed by atoms with Gasteiger partial charge in [0.25, 0.3) is 10.1 Å². The predicted octanol–water partition coefficient (Wildman–Crippen LogP) is 1.20. The van der Waals surface area contributed by atoms with Crippen LogP contribution in [0.25, 0.3) is 0 Å². The monoisotopic (exact) mass is 179 g/mol. The highest BCUT2D eigenvalue weighted by Gasteiger charge is 2.01. The summed E-state index contributed by atoms with van der Waals surface area (Å²) in [5, 5.41) is 6.50. The van der Waals surface area contributed by atoms with Gasteiger partial charge >= 0.3 is 0 Å². The molecule has 0 aromatic carbocycles. The Kier molecular flexibility index (Phi) is 8.89. The van der Waals surface area contributed by atoms with Crippen molar-refractivity contribution in [2.45, 2.75) is 26.2 Å². The first-order valence-corrected chi connectivity index (χ1v) is 4.88. The number of nitriles is 1. The minimum atomic E-state index is -3.70. The van der Waals surface area contributed by atoms with Crippen molar-refractivity contribution in [2.75, 3.05) is 5.75 Å². The quantitative estimate of drug-likeness (QED) is 0.519. The van der Waals surface area contributed by atoms with E-state index in [0.29, 0.717) is 6.42 Å². The fourth-order valence-electron chi connectivity index (χ4n) is 0.534. The van der Waals surface area contributed by atoms with Gasteiger partial charge in [0.05, 0.1) is 5.75 Å². The fraction of sp³-hybridized carbons (Fsp3) is 0.833. The number of hydrogen-bond acceptors (Lipinski definition) is 3. The number of hydrogen-bond donors (Lipinski definition) is 1. The number of rotatable bonds is 4. The van der Waals surface area contributed by atoms with Gasteiger partial charge in [0, 0.05) is 6.57 Å². The van der Waals surface area contributed by atoms with Crippen molar-refractivity contribution in [2.24, 2.45) is 0 Å². The second-order valence-electron chi connectivity index (χ2n) is 1.99. The smallest absolute Gasteiger partial charge is 0.264 e. The molecular formula is C6H13NO3S. The van der Waals surface area contributed by atoms with Crippen molar-refractivity contribution < 1.29 is 13.0 Å². The Balaban J connectivity index is 0. The number of unbranched alkanes of at least 4 members (excludes halogenated alkanes) is 2. The molecule has 0 aliphatic carbocycles. The minimum Gasteiger partial charge on any atom is -0.286 e. The summed E-state index contributed by atoms with van der Waals surface area (Å²) in [6.45, 7) is 5.48. The first kappa shape index (κ1) is 13.0. The molecule has 0 aliphatic heterocycles. The molecular weight excluding hydrogens is 166 g/mol. The predicted molar refractivity (Wildman–Crippen MR) is 42.6 cm³/mol. The second kappa shape index (κ2) is 7.51. The zero-order chi connectivity index (χ0) is 9.33. The van der Waals surface area contributed by atoms with Crippen molar-refractivity contribution in [3.63, 3.8) is 0 Å². The highest BCUT2D eigenvalue weighted by molar-refractivity contribution is 7.85. The summed E-state index contributed by atoms with van der Waals surface area (Å²) in [6, 6.07) is 0. The zero-order valence-electron chi connectivity index (χ0n) is 6.52. The summed E-state index contributed by atoms with van der Waals surface area (Å²) in [7, 11) is -3.70. The van der Waals surface area contributed by atoms with Gasteiger partial charge in [-0.25, -0.2) is 5.26 Å². The Bertz CT molecular complexity index is 183. The maximum Gasteiger partial charge on any atom is 0.264 e. The third kappa shape index (κ3) is 17.7. The summed E-state index contributed by atoms with van der Waals surface area (Å²) in [6.07, 6.45) is 2.39. The van der Waals surface area contributed by atoms with Crippen LogP contribution < -0.4 is 0 Å². The van der Waals surface area contributed by atoms with Crippen molar-refractivity contribution in [1.29, 1.82) is 5.26 Å². The first-order valence-electron chi connectivity index (χ1n) is 3.27. The third-order valence-corrected chi connectivity index (χ3v) is 1.81. The minimum absolute atomic E-state index is 0.0964. The molecule has 0 aromatic rings. The number of nitrogens with zero attached hydrogens (tertiary/aromatic N) is 1. The first-order chi connectivity index (χ1) is 5.06. The maximum atomic E-state index is 10.1. The van der Waals surface area contributed by atoms with Crippen LogP contribution in [0.2, 0.25) is 0 Å². The zero-order valence-corrected chi connectivity index (χ0v) is 7.34. The molecule has 0 spiro atoms. The van der Waals surface area contributed by atoms with Gasteiger partial charge in [-0.05, 0) is 6.42 Å². The molecule has 11 heavy (non-hydrogen) atoms. The molecule has 0 saturated heterocycles. The van der Waals surface area contributed by atoms with Crippen LogP contribution in [0, 0.1) is 11.8 Å². The molecule has 0 amide bonds. The second-order valence-corrected chi connectivity index (χ2v) is 3.57. The molecule has 0 radical (unpaired) electrons. The lowest BCUT2D eigenvalue weighted by Crippen LogP contribution is -2.02. The van der Waals surface area contributed by atoms with Gasteiger partial charge < -0.3 is 0 Å². The van der Waals surface area contributed by atoms with Crippen LogP contribution in [0.3, 0.4) is 0 Å². The molecule has 0 heterocycles. The van der Waals surface area contributed by atoms with E-state index in [-0.39, 0.29) is 5.75 Å². The van der Waals surface area contributed by atoms with Crippen LogP contribution in [0.4, 0.5) is 0 Å². The van der Waals surface area contributed by atoms with Crippen molar-refractivity contribution in [1.82, 2.24) is 0 Å². The Morgan fingerprint density at radius 1 is 1.36 bits per heavy atom. The topological polar surface area (TPSA) is 78.2 Å². The van der Waals surface area contributed by atoms with Crippen LogP contribution in [0.1, 0.15) is 26.2 Å². The third-order valence-electron chi connectivity index (χ3n) is 1.01. The van der Waals surface area contributed by atoms with E-state index in [1.807, 2.05) is 6.92 Å². The van der Waals surface area contributed by atoms with Crippen LogP contribution in [-0.4, -0.2) is 18.7 Å². The van der Waals surface area contributed by atoms with Crippen LogP contribution in [0.15, 0.2) is 0 Å². The molecule has 0 unspecified atom stereocenters. The highest BCUT2D eigenvalue weighted by Crippen LogP contribution is 1.96. The molecule has 4 nitrogen and oxygen atoms in total. The highest BCUT2D eigenvalue weighted by atomic mass is 32.2. The van der Waals surface area contributed by atoms with E-state index in [2.05, 4.69) is 6.57 Å². The van der Waals surface area contributed by atoms with E-state index in [1.165, 1.54) is 0 Å². The van der Waals surface area contributed by atoms with Crippen molar-refractivity contribution in [3.8, 4) is 6.57 Å². The molecule has 66 valence electrons. The van der Waals surface area contributed by atoms with Crippen molar-refractivity contribution in [3.05, 3.63) is 0 Å². The van der Waals surface area contributed by atoms with E-state index in [4.69, 9.17) is 9.81 Å². The van der Waals surface area contributed by atoms with E-state index in [1.54, 1.807) is 0 Å². The Morgan fingerprint density at radius 3 is 2.09 bits per heavy atom. The van der Waals surface area contributed by atoms with Gasteiger partial charge in [0.1, 0.15) is 0 Å². The summed E-state index contributed by atoms with van der Waals surface area (Å²) >= 11 is 0. The van der Waals surface area contributed by atoms with Crippen LogP contribution >= 0.6 is 0 Å². The van der Waals surface area contributed by atoms with E-state index < -0.39 is 10.1 Å². The molecule has 5 heteroatoms. The molecule has 0 saturated carbocycles. The van der Waals surface area contributed by atoms with Gasteiger partial charge in [0.15, 0.2) is 0 Å². The molecule has 0 atom stereocenters. The average molecular weight is 179 g/mol. The summed E-state index contributed by atoms with van der Waals surface area (Å²) in [5.74, 6) is -0.0964. The lowest BCUT2D eigenvalue weighted by molar-refractivity contribution is 0.480. The summed E-state index contributed by atoms with van der Waals surface area (Å²) < 4.78 is 28.3. The van der Waals surface area contributed by atoms with Crippen molar-refractivity contribution >= 4 is 10.1 Å².